The summed E-state index contributed by atoms with van der Waals surface area (Å²) in [4.78, 5) is 0. The van der Waals surface area contributed by atoms with E-state index in [1.54, 1.807) is 6.07 Å². The first-order chi connectivity index (χ1) is 10.1. The van der Waals surface area contributed by atoms with E-state index in [9.17, 15) is 4.39 Å². The first-order valence-corrected chi connectivity index (χ1v) is 8.25. The topological polar surface area (TPSA) is 21.3 Å². The molecule has 118 valence electrons. The molecule has 2 rings (SSSR count). The van der Waals surface area contributed by atoms with E-state index in [2.05, 4.69) is 5.32 Å². The lowest BCUT2D eigenvalue weighted by atomic mass is 9.77. The second-order valence-electron chi connectivity index (χ2n) is 5.82. The fraction of sp³-hybridized carbons (Fsp3) is 0.647. The zero-order valence-corrected chi connectivity index (χ0v) is 13.7. The summed E-state index contributed by atoms with van der Waals surface area (Å²) in [5.74, 6) is -0.304. The average Bonchev–Trinajstić information content (AvgIpc) is 2.50. The largest absolute Gasteiger partial charge is 0.374 e. The summed E-state index contributed by atoms with van der Waals surface area (Å²) in [5, 5.41) is 3.55. The summed E-state index contributed by atoms with van der Waals surface area (Å²) in [6.07, 6.45) is 6.29. The molecule has 4 heteroatoms. The third-order valence-corrected chi connectivity index (χ3v) is 4.86. The summed E-state index contributed by atoms with van der Waals surface area (Å²) in [5.41, 5.74) is 0.475. The van der Waals surface area contributed by atoms with E-state index >= 15 is 0 Å². The van der Waals surface area contributed by atoms with Gasteiger partial charge < -0.3 is 10.1 Å². The SMILES string of the molecule is CCOC1(C(Cc2cccc(Cl)c2F)NC)CCCCC1. The van der Waals surface area contributed by atoms with Gasteiger partial charge in [0.2, 0.25) is 0 Å². The first kappa shape index (κ1) is 16.7. The molecule has 1 aliphatic carbocycles. The van der Waals surface area contributed by atoms with Gasteiger partial charge >= 0.3 is 0 Å². The predicted molar refractivity (Wildman–Crippen MR) is 85.4 cm³/mol. The van der Waals surface area contributed by atoms with E-state index in [-0.39, 0.29) is 22.5 Å². The fourth-order valence-corrected chi connectivity index (χ4v) is 3.70. The molecule has 0 aromatic heterocycles. The second-order valence-corrected chi connectivity index (χ2v) is 6.22. The molecule has 2 nitrogen and oxygen atoms in total. The van der Waals surface area contributed by atoms with E-state index in [0.717, 1.165) is 12.8 Å². The van der Waals surface area contributed by atoms with Gasteiger partial charge in [-0.15, -0.1) is 0 Å². The predicted octanol–water partition coefficient (Wildman–Crippen LogP) is 4.35. The molecule has 1 aromatic carbocycles. The van der Waals surface area contributed by atoms with E-state index in [4.69, 9.17) is 16.3 Å². The highest BCUT2D eigenvalue weighted by atomic mass is 35.5. The van der Waals surface area contributed by atoms with Crippen molar-refractivity contribution < 1.29 is 9.13 Å². The lowest BCUT2D eigenvalue weighted by molar-refractivity contribution is -0.0884. The van der Waals surface area contributed by atoms with Crippen molar-refractivity contribution in [2.75, 3.05) is 13.7 Å². The number of hydrogen-bond donors (Lipinski definition) is 1. The maximum absolute atomic E-state index is 14.2. The number of ether oxygens (including phenoxy) is 1. The molecular formula is C17H25ClFNO. The Morgan fingerprint density at radius 1 is 1.33 bits per heavy atom. The van der Waals surface area contributed by atoms with E-state index < -0.39 is 0 Å². The Hall–Kier alpha value is -0.640. The third kappa shape index (κ3) is 3.77. The van der Waals surface area contributed by atoms with Gasteiger partial charge in [-0.05, 0) is 44.9 Å². The summed E-state index contributed by atoms with van der Waals surface area (Å²) < 4.78 is 20.3. The summed E-state index contributed by atoms with van der Waals surface area (Å²) >= 11 is 5.90. The van der Waals surface area contributed by atoms with Crippen LogP contribution in [-0.2, 0) is 11.2 Å². The Balaban J connectivity index is 2.22. The van der Waals surface area contributed by atoms with Gasteiger partial charge in [0.25, 0.3) is 0 Å². The highest BCUT2D eigenvalue weighted by Gasteiger charge is 2.40. The number of rotatable bonds is 6. The molecule has 0 heterocycles. The van der Waals surface area contributed by atoms with Gasteiger partial charge in [-0.25, -0.2) is 4.39 Å². The Morgan fingerprint density at radius 3 is 2.67 bits per heavy atom. The molecule has 1 fully saturated rings. The van der Waals surface area contributed by atoms with Crippen molar-refractivity contribution in [3.05, 3.63) is 34.6 Å². The van der Waals surface area contributed by atoms with Crippen LogP contribution in [0, 0.1) is 5.82 Å². The van der Waals surface area contributed by atoms with Crippen molar-refractivity contribution in [1.29, 1.82) is 0 Å². The maximum Gasteiger partial charge on any atom is 0.145 e. The Bertz CT molecular complexity index is 455. The number of nitrogens with one attached hydrogen (secondary N) is 1. The number of benzene rings is 1. The minimum Gasteiger partial charge on any atom is -0.374 e. The standard InChI is InChI=1S/C17H25ClFNO/c1-3-21-17(10-5-4-6-11-17)15(20-2)12-13-8-7-9-14(18)16(13)19/h7-9,15,20H,3-6,10-12H2,1-2H3. The van der Waals surface area contributed by atoms with Crippen LogP contribution < -0.4 is 5.32 Å². The van der Waals surface area contributed by atoms with Crippen LogP contribution in [0.4, 0.5) is 4.39 Å². The second kappa shape index (κ2) is 7.57. The van der Waals surface area contributed by atoms with Crippen LogP contribution >= 0.6 is 11.6 Å². The minimum absolute atomic E-state index is 0.103. The highest BCUT2D eigenvalue weighted by molar-refractivity contribution is 6.30. The minimum atomic E-state index is -0.304. The Labute approximate surface area is 132 Å². The molecule has 0 radical (unpaired) electrons. The van der Waals surface area contributed by atoms with Gasteiger partial charge in [-0.1, -0.05) is 43.0 Å². The van der Waals surface area contributed by atoms with Crippen molar-refractivity contribution in [3.63, 3.8) is 0 Å². The number of hydrogen-bond acceptors (Lipinski definition) is 2. The summed E-state index contributed by atoms with van der Waals surface area (Å²) in [7, 11) is 1.93. The average molecular weight is 314 g/mol. The molecule has 1 aliphatic rings. The maximum atomic E-state index is 14.2. The smallest absolute Gasteiger partial charge is 0.145 e. The third-order valence-electron chi connectivity index (χ3n) is 4.57. The van der Waals surface area contributed by atoms with Crippen molar-refractivity contribution in [1.82, 2.24) is 5.32 Å². The van der Waals surface area contributed by atoms with Crippen molar-refractivity contribution in [2.45, 2.75) is 57.1 Å². The lowest BCUT2D eigenvalue weighted by Gasteiger charge is -2.43. The van der Waals surface area contributed by atoms with E-state index in [1.165, 1.54) is 19.3 Å². The van der Waals surface area contributed by atoms with E-state index in [1.807, 2.05) is 26.1 Å². The normalized spacial score (nSPS) is 19.4. The summed E-state index contributed by atoms with van der Waals surface area (Å²) in [6, 6.07) is 5.31. The van der Waals surface area contributed by atoms with Crippen LogP contribution in [0.25, 0.3) is 0 Å². The van der Waals surface area contributed by atoms with Crippen molar-refractivity contribution in [2.24, 2.45) is 0 Å². The zero-order valence-electron chi connectivity index (χ0n) is 12.9. The van der Waals surface area contributed by atoms with Crippen molar-refractivity contribution in [3.8, 4) is 0 Å². The molecule has 1 saturated carbocycles. The van der Waals surface area contributed by atoms with Gasteiger partial charge in [0.1, 0.15) is 5.82 Å². The van der Waals surface area contributed by atoms with Crippen LogP contribution in [0.2, 0.25) is 5.02 Å². The molecule has 21 heavy (non-hydrogen) atoms. The Morgan fingerprint density at radius 2 is 2.05 bits per heavy atom. The molecule has 1 atom stereocenters. The summed E-state index contributed by atoms with van der Waals surface area (Å²) in [6.45, 7) is 2.72. The van der Waals surface area contributed by atoms with Crippen LogP contribution in [0.5, 0.6) is 0 Å². The zero-order chi connectivity index (χ0) is 15.3. The fourth-order valence-electron chi connectivity index (χ4n) is 3.51. The molecule has 0 bridgehead atoms. The lowest BCUT2D eigenvalue weighted by Crippen LogP contribution is -2.54. The van der Waals surface area contributed by atoms with Gasteiger partial charge in [-0.2, -0.15) is 0 Å². The molecule has 1 aromatic rings. The van der Waals surface area contributed by atoms with Gasteiger partial charge in [0.05, 0.1) is 10.6 Å². The van der Waals surface area contributed by atoms with Crippen LogP contribution in [0.1, 0.15) is 44.6 Å². The molecule has 1 unspecified atom stereocenters. The molecule has 0 spiro atoms. The van der Waals surface area contributed by atoms with Crippen molar-refractivity contribution >= 4 is 11.6 Å². The molecule has 0 saturated heterocycles. The highest BCUT2D eigenvalue weighted by Crippen LogP contribution is 2.36. The molecule has 1 N–H and O–H groups in total. The molecule has 0 aliphatic heterocycles. The van der Waals surface area contributed by atoms with Gasteiger partial charge in [-0.3, -0.25) is 0 Å². The first-order valence-electron chi connectivity index (χ1n) is 7.87. The van der Waals surface area contributed by atoms with Gasteiger partial charge in [0, 0.05) is 12.6 Å². The quantitative estimate of drug-likeness (QED) is 0.843. The van der Waals surface area contributed by atoms with Crippen LogP contribution in [0.3, 0.4) is 0 Å². The Kier molecular flexibility index (Phi) is 6.03. The van der Waals surface area contributed by atoms with Crippen LogP contribution in [-0.4, -0.2) is 25.3 Å². The number of likely N-dealkylation sites (N-methyl/N-ethyl adjacent to an activating group) is 1. The van der Waals surface area contributed by atoms with E-state index in [0.29, 0.717) is 18.6 Å². The number of halogens is 2. The molecule has 0 amide bonds. The molecular weight excluding hydrogens is 289 g/mol. The van der Waals surface area contributed by atoms with Crippen LogP contribution in [0.15, 0.2) is 18.2 Å². The van der Waals surface area contributed by atoms with Gasteiger partial charge in [0.15, 0.2) is 0 Å². The monoisotopic (exact) mass is 313 g/mol.